The van der Waals surface area contributed by atoms with Crippen LogP contribution in [0.5, 0.6) is 0 Å². The second-order valence-electron chi connectivity index (χ2n) is 19.2. The highest BCUT2D eigenvalue weighted by atomic mass is 28.4. The van der Waals surface area contributed by atoms with E-state index in [1.807, 2.05) is 133 Å². The van der Waals surface area contributed by atoms with Gasteiger partial charge in [0.1, 0.15) is 42.7 Å². The SMILES string of the molecule is C=CCO[C@H]1[C@H]2OC(c3ccccc3)OC[C@H]2O[C@@H](O[C@H]2[C@H](O)[C@@H](OCc3ccccc3)[C@@H](OCc3ccccc3)O[C@@H]2CO[Si](c2ccccc2)(c2ccccc2)C(C)(C)C)[C@@H]1OC(=O)c1ccccc1. The Bertz CT molecular complexity index is 2550. The molecule has 3 heterocycles. The number of rotatable bonds is 19. The fourth-order valence-electron chi connectivity index (χ4n) is 9.85. The molecule has 3 fully saturated rings. The van der Waals surface area contributed by atoms with Crippen molar-refractivity contribution in [3.05, 3.63) is 217 Å². The minimum absolute atomic E-state index is 0.0553. The molecular formula is C59H64O12Si. The first-order valence-corrected chi connectivity index (χ1v) is 26.5. The maximum absolute atomic E-state index is 14.2. The molecule has 1 N–H and O–H groups in total. The lowest BCUT2D eigenvalue weighted by molar-refractivity contribution is -0.389. The molecule has 72 heavy (non-hydrogen) atoms. The number of fused-ring (bicyclic) bond motifs is 1. The van der Waals surface area contributed by atoms with E-state index in [1.54, 1.807) is 30.3 Å². The summed E-state index contributed by atoms with van der Waals surface area (Å²) in [5.41, 5.74) is 2.89. The Balaban J connectivity index is 1.11. The van der Waals surface area contributed by atoms with Gasteiger partial charge in [0.25, 0.3) is 8.32 Å². The molecule has 1 unspecified atom stereocenters. The van der Waals surface area contributed by atoms with E-state index < -0.39 is 87.0 Å². The summed E-state index contributed by atoms with van der Waals surface area (Å²) >= 11 is 0. The smallest absolute Gasteiger partial charge is 0.338 e. The van der Waals surface area contributed by atoms with Gasteiger partial charge in [0.05, 0.1) is 38.6 Å². The molecule has 9 rings (SSSR count). The largest absolute Gasteiger partial charge is 0.450 e. The predicted molar refractivity (Wildman–Crippen MR) is 274 cm³/mol. The molecule has 0 spiro atoms. The summed E-state index contributed by atoms with van der Waals surface area (Å²) in [5.74, 6) is -0.638. The third-order valence-corrected chi connectivity index (χ3v) is 18.4. The van der Waals surface area contributed by atoms with Crippen LogP contribution in [0.1, 0.15) is 54.1 Å². The summed E-state index contributed by atoms with van der Waals surface area (Å²) in [7, 11) is -3.22. The van der Waals surface area contributed by atoms with Crippen molar-refractivity contribution < 1.29 is 57.0 Å². The van der Waals surface area contributed by atoms with E-state index in [9.17, 15) is 9.90 Å². The molecular weight excluding hydrogens is 929 g/mol. The predicted octanol–water partition coefficient (Wildman–Crippen LogP) is 8.47. The van der Waals surface area contributed by atoms with Gasteiger partial charge in [0.2, 0.25) is 0 Å². The van der Waals surface area contributed by atoms with Gasteiger partial charge < -0.3 is 52.2 Å². The van der Waals surface area contributed by atoms with E-state index in [2.05, 4.69) is 51.6 Å². The van der Waals surface area contributed by atoms with Crippen LogP contribution in [0.2, 0.25) is 5.04 Å². The fourth-order valence-corrected chi connectivity index (χ4v) is 14.4. The number of benzene rings is 6. The van der Waals surface area contributed by atoms with Crippen molar-refractivity contribution in [2.75, 3.05) is 19.8 Å². The van der Waals surface area contributed by atoms with Crippen molar-refractivity contribution >= 4 is 24.7 Å². The summed E-state index contributed by atoms with van der Waals surface area (Å²) in [4.78, 5) is 14.2. The number of aliphatic hydroxyl groups excluding tert-OH is 1. The first kappa shape index (κ1) is 51.3. The van der Waals surface area contributed by atoms with Gasteiger partial charge in [-0.1, -0.05) is 197 Å². The molecule has 3 aliphatic rings. The van der Waals surface area contributed by atoms with Crippen LogP contribution in [-0.2, 0) is 60.3 Å². The molecule has 0 aliphatic carbocycles. The van der Waals surface area contributed by atoms with E-state index in [0.29, 0.717) is 5.56 Å². The van der Waals surface area contributed by atoms with Crippen LogP contribution in [-0.4, -0.2) is 101 Å². The third kappa shape index (κ3) is 11.7. The van der Waals surface area contributed by atoms with Gasteiger partial charge in [-0.05, 0) is 38.7 Å². The fraction of sp³-hybridized carbons (Fsp3) is 0.339. The number of hydrogen-bond donors (Lipinski definition) is 1. The normalized spacial score (nSPS) is 26.5. The van der Waals surface area contributed by atoms with Gasteiger partial charge in [0, 0.05) is 5.56 Å². The van der Waals surface area contributed by atoms with Crippen molar-refractivity contribution in [2.24, 2.45) is 0 Å². The molecule has 0 aromatic heterocycles. The van der Waals surface area contributed by atoms with E-state index in [0.717, 1.165) is 27.1 Å². The molecule has 3 aliphatic heterocycles. The Morgan fingerprint density at radius 1 is 0.639 bits per heavy atom. The number of carbonyl (C=O) groups is 1. The van der Waals surface area contributed by atoms with Crippen LogP contribution in [0.3, 0.4) is 0 Å². The van der Waals surface area contributed by atoms with Crippen LogP contribution < -0.4 is 10.4 Å². The number of aliphatic hydroxyl groups is 1. The topological polar surface area (TPSA) is 130 Å². The molecule has 3 saturated heterocycles. The van der Waals surface area contributed by atoms with Gasteiger partial charge in [0.15, 0.2) is 25.0 Å². The minimum atomic E-state index is -3.22. The summed E-state index contributed by atoms with van der Waals surface area (Å²) in [6.07, 6.45) is -10.2. The van der Waals surface area contributed by atoms with Gasteiger partial charge in [-0.25, -0.2) is 4.79 Å². The minimum Gasteiger partial charge on any atom is -0.450 e. The van der Waals surface area contributed by atoms with Crippen molar-refractivity contribution in [3.8, 4) is 0 Å². The maximum Gasteiger partial charge on any atom is 0.338 e. The molecule has 0 radical (unpaired) electrons. The molecule has 6 aromatic rings. The van der Waals surface area contributed by atoms with E-state index in [1.165, 1.54) is 0 Å². The Morgan fingerprint density at radius 2 is 1.18 bits per heavy atom. The molecule has 0 saturated carbocycles. The lowest BCUT2D eigenvalue weighted by Gasteiger charge is -2.51. The Labute approximate surface area is 423 Å². The lowest BCUT2D eigenvalue weighted by atomic mass is 9.95. The zero-order valence-electron chi connectivity index (χ0n) is 40.9. The summed E-state index contributed by atoms with van der Waals surface area (Å²) in [5, 5.41) is 14.7. The monoisotopic (exact) mass is 992 g/mol. The molecule has 11 atom stereocenters. The first-order valence-electron chi connectivity index (χ1n) is 24.6. The van der Waals surface area contributed by atoms with Crippen LogP contribution in [0.25, 0.3) is 0 Å². The highest BCUT2D eigenvalue weighted by molar-refractivity contribution is 6.99. The van der Waals surface area contributed by atoms with Gasteiger partial charge in [-0.15, -0.1) is 6.58 Å². The number of hydrogen-bond acceptors (Lipinski definition) is 12. The van der Waals surface area contributed by atoms with Crippen LogP contribution in [0.15, 0.2) is 195 Å². The van der Waals surface area contributed by atoms with Crippen LogP contribution >= 0.6 is 0 Å². The van der Waals surface area contributed by atoms with Crippen LogP contribution in [0, 0.1) is 0 Å². The summed E-state index contributed by atoms with van der Waals surface area (Å²) < 4.78 is 67.8. The summed E-state index contributed by atoms with van der Waals surface area (Å²) in [6.45, 7) is 10.9. The van der Waals surface area contributed by atoms with Crippen LogP contribution in [0.4, 0.5) is 0 Å². The van der Waals surface area contributed by atoms with Crippen molar-refractivity contribution in [2.45, 2.75) is 107 Å². The van der Waals surface area contributed by atoms with Crippen molar-refractivity contribution in [1.29, 1.82) is 0 Å². The highest BCUT2D eigenvalue weighted by Gasteiger charge is 2.57. The van der Waals surface area contributed by atoms with E-state index >= 15 is 0 Å². The van der Waals surface area contributed by atoms with Gasteiger partial charge in [-0.3, -0.25) is 0 Å². The molecule has 13 heteroatoms. The number of esters is 1. The molecule has 12 nitrogen and oxygen atoms in total. The Hall–Kier alpha value is -5.65. The number of carbonyl (C=O) groups excluding carboxylic acids is 1. The quantitative estimate of drug-likeness (QED) is 0.0475. The zero-order chi connectivity index (χ0) is 49.9. The third-order valence-electron chi connectivity index (χ3n) is 13.3. The van der Waals surface area contributed by atoms with E-state index in [4.69, 9.17) is 47.1 Å². The van der Waals surface area contributed by atoms with E-state index in [-0.39, 0.29) is 33.0 Å². The first-order chi connectivity index (χ1) is 35.1. The average Bonchev–Trinajstić information content (AvgIpc) is 3.42. The standard InChI is InChI=1S/C59H64O12Si/c1-5-36-62-53-51-47(39-65-56(71-51)44-30-18-9-19-31-44)68-58(54(53)69-55(61)43-28-16-8-17-29-43)70-50-48(40-66-72(59(2,3)4,45-32-20-10-21-33-45)46-34-22-11-23-35-46)67-57(64-38-42-26-14-7-15-27-42)52(49(50)60)63-37-41-24-12-6-13-25-41/h5-35,47-54,56-58,60H,1,36-40H2,2-4H3/t47-,48-,49+,50-,51+,52-,53+,54-,56?,57+,58+/m1/s1. The number of ether oxygens (including phenoxy) is 9. The Kier molecular flexibility index (Phi) is 17.0. The Morgan fingerprint density at radius 3 is 1.75 bits per heavy atom. The average molecular weight is 993 g/mol. The summed E-state index contributed by atoms with van der Waals surface area (Å²) in [6, 6.07) is 58.2. The van der Waals surface area contributed by atoms with Gasteiger partial charge >= 0.3 is 5.97 Å². The second-order valence-corrected chi connectivity index (χ2v) is 23.5. The highest BCUT2D eigenvalue weighted by Crippen LogP contribution is 2.41. The molecule has 0 amide bonds. The molecule has 376 valence electrons. The van der Waals surface area contributed by atoms with Crippen molar-refractivity contribution in [3.63, 3.8) is 0 Å². The molecule has 0 bridgehead atoms. The lowest BCUT2D eigenvalue weighted by Crippen LogP contribution is -2.69. The second kappa shape index (κ2) is 23.9. The maximum atomic E-state index is 14.2. The van der Waals surface area contributed by atoms with Gasteiger partial charge in [-0.2, -0.15) is 0 Å². The molecule has 6 aromatic carbocycles. The zero-order valence-corrected chi connectivity index (χ0v) is 41.9. The van der Waals surface area contributed by atoms with Crippen molar-refractivity contribution in [1.82, 2.24) is 0 Å².